The van der Waals surface area contributed by atoms with Gasteiger partial charge in [-0.25, -0.2) is 9.97 Å². The lowest BCUT2D eigenvalue weighted by Crippen LogP contribution is -2.43. The minimum absolute atomic E-state index is 0.0544. The Kier molecular flexibility index (Phi) is 6.63. The summed E-state index contributed by atoms with van der Waals surface area (Å²) in [5.74, 6) is -0.888. The van der Waals surface area contributed by atoms with Crippen LogP contribution in [0.3, 0.4) is 0 Å². The van der Waals surface area contributed by atoms with Gasteiger partial charge >= 0.3 is 0 Å². The molecule has 2 fully saturated rings. The minimum Gasteiger partial charge on any atom is -0.507 e. The Morgan fingerprint density at radius 1 is 0.889 bits per heavy atom. The van der Waals surface area contributed by atoms with Crippen LogP contribution in [-0.4, -0.2) is 99.6 Å². The number of carbonyl (C=O) groups is 1. The molecule has 0 spiro atoms. The lowest BCUT2D eigenvalue weighted by atomic mass is 10.0. The number of amides is 1. The van der Waals surface area contributed by atoms with E-state index in [1.54, 1.807) is 6.21 Å². The van der Waals surface area contributed by atoms with Crippen molar-refractivity contribution in [2.75, 3.05) is 40.3 Å². The molecule has 36 heavy (non-hydrogen) atoms. The molecule has 0 radical (unpaired) electrons. The molecule has 0 saturated carbocycles. The maximum Gasteiger partial charge on any atom is 0.253 e. The standard InChI is InChI=1S/C26H32N6O4/c1-31-9-5-15(6-10-31)27-14-18-20(34)13-21(35)25-23(18)30-24-19(33)4-3-17(22(24)29-25)26(36)28-16-7-11-32(2)12-8-16/h3-4,13-16,33-35H,5-12H2,1-2H3,(H,28,36). The van der Waals surface area contributed by atoms with E-state index in [1.807, 2.05) is 0 Å². The molecule has 2 aliphatic rings. The van der Waals surface area contributed by atoms with E-state index in [1.165, 1.54) is 18.2 Å². The molecule has 2 aliphatic heterocycles. The number of aromatic hydroxyl groups is 3. The van der Waals surface area contributed by atoms with Crippen LogP contribution >= 0.6 is 0 Å². The van der Waals surface area contributed by atoms with Gasteiger partial charge in [-0.2, -0.15) is 0 Å². The quantitative estimate of drug-likeness (QED) is 0.322. The Labute approximate surface area is 209 Å². The molecule has 0 aliphatic carbocycles. The number of nitrogens with zero attached hydrogens (tertiary/aromatic N) is 5. The van der Waals surface area contributed by atoms with Crippen molar-refractivity contribution in [2.24, 2.45) is 4.99 Å². The molecule has 0 atom stereocenters. The van der Waals surface area contributed by atoms with Crippen molar-refractivity contribution >= 4 is 34.2 Å². The Morgan fingerprint density at radius 2 is 1.50 bits per heavy atom. The van der Waals surface area contributed by atoms with Gasteiger partial charge in [0.1, 0.15) is 39.3 Å². The lowest BCUT2D eigenvalue weighted by molar-refractivity contribution is 0.0918. The number of hydrogen-bond donors (Lipinski definition) is 4. The summed E-state index contributed by atoms with van der Waals surface area (Å²) in [6, 6.07) is 4.32. The summed E-state index contributed by atoms with van der Waals surface area (Å²) >= 11 is 0. The number of likely N-dealkylation sites (tertiary alicyclic amines) is 2. The highest BCUT2D eigenvalue weighted by Crippen LogP contribution is 2.35. The zero-order valence-corrected chi connectivity index (χ0v) is 20.6. The Morgan fingerprint density at radius 3 is 2.19 bits per heavy atom. The summed E-state index contributed by atoms with van der Waals surface area (Å²) in [5, 5.41) is 34.8. The molecule has 10 nitrogen and oxygen atoms in total. The number of fused-ring (bicyclic) bond motifs is 2. The SMILES string of the molecule is CN1CCC(N=Cc2c(O)cc(O)c3nc4c(C(=O)NC5CCN(C)CC5)ccc(O)c4nc23)CC1. The third kappa shape index (κ3) is 4.78. The maximum atomic E-state index is 13.2. The molecule has 0 bridgehead atoms. The molecule has 190 valence electrons. The number of benzene rings is 2. The van der Waals surface area contributed by atoms with Crippen molar-refractivity contribution in [3.8, 4) is 17.2 Å². The second-order valence-electron chi connectivity index (χ2n) is 9.94. The van der Waals surface area contributed by atoms with Gasteiger partial charge in [0.2, 0.25) is 0 Å². The van der Waals surface area contributed by atoms with Gasteiger partial charge in [-0.1, -0.05) is 0 Å². The van der Waals surface area contributed by atoms with E-state index in [0.717, 1.165) is 51.9 Å². The zero-order valence-electron chi connectivity index (χ0n) is 20.6. The van der Waals surface area contributed by atoms with E-state index in [9.17, 15) is 20.1 Å². The maximum absolute atomic E-state index is 13.2. The van der Waals surface area contributed by atoms with E-state index >= 15 is 0 Å². The zero-order chi connectivity index (χ0) is 25.4. The third-order valence-corrected chi connectivity index (χ3v) is 7.25. The van der Waals surface area contributed by atoms with E-state index in [2.05, 4.69) is 44.2 Å². The van der Waals surface area contributed by atoms with Crippen molar-refractivity contribution in [1.82, 2.24) is 25.1 Å². The average molecular weight is 493 g/mol. The summed E-state index contributed by atoms with van der Waals surface area (Å²) in [6.07, 6.45) is 5.10. The number of nitrogens with one attached hydrogen (secondary N) is 1. The smallest absolute Gasteiger partial charge is 0.253 e. The fourth-order valence-electron chi connectivity index (χ4n) is 4.94. The number of rotatable bonds is 4. The second kappa shape index (κ2) is 9.87. The van der Waals surface area contributed by atoms with Gasteiger partial charge in [0.25, 0.3) is 5.91 Å². The third-order valence-electron chi connectivity index (χ3n) is 7.25. The Hall–Kier alpha value is -3.50. The fourth-order valence-corrected chi connectivity index (χ4v) is 4.94. The minimum atomic E-state index is -0.300. The van der Waals surface area contributed by atoms with E-state index < -0.39 is 0 Å². The van der Waals surface area contributed by atoms with Crippen LogP contribution in [0.5, 0.6) is 17.2 Å². The molecule has 2 aromatic carbocycles. The predicted molar refractivity (Wildman–Crippen MR) is 138 cm³/mol. The average Bonchev–Trinajstić information content (AvgIpc) is 2.86. The van der Waals surface area contributed by atoms with Gasteiger partial charge in [0, 0.05) is 18.3 Å². The molecule has 0 unspecified atom stereocenters. The fraction of sp³-hybridized carbons (Fsp3) is 0.462. The largest absolute Gasteiger partial charge is 0.507 e. The normalized spacial score (nSPS) is 18.9. The van der Waals surface area contributed by atoms with Crippen LogP contribution in [0, 0.1) is 0 Å². The van der Waals surface area contributed by atoms with Gasteiger partial charge in [-0.05, 0) is 78.1 Å². The molecule has 3 heterocycles. The molecule has 5 rings (SSSR count). The number of aliphatic imine (C=N–C) groups is 1. The van der Waals surface area contributed by atoms with E-state index in [-0.39, 0.29) is 62.9 Å². The number of aromatic nitrogens is 2. The predicted octanol–water partition coefficient (Wildman–Crippen LogP) is 2.24. The molecular weight excluding hydrogens is 460 g/mol. The highest BCUT2D eigenvalue weighted by molar-refractivity contribution is 6.10. The molecule has 10 heteroatoms. The summed E-state index contributed by atoms with van der Waals surface area (Å²) in [6.45, 7) is 3.71. The van der Waals surface area contributed by atoms with Crippen LogP contribution in [0.25, 0.3) is 22.1 Å². The lowest BCUT2D eigenvalue weighted by Gasteiger charge is -2.29. The Balaban J connectivity index is 1.54. The first kappa shape index (κ1) is 24.2. The number of piperidine rings is 2. The molecule has 2 saturated heterocycles. The monoisotopic (exact) mass is 492 g/mol. The van der Waals surface area contributed by atoms with Crippen LogP contribution in [0.4, 0.5) is 0 Å². The number of phenols is 3. The first-order chi connectivity index (χ1) is 17.3. The van der Waals surface area contributed by atoms with Gasteiger partial charge in [-0.3, -0.25) is 9.79 Å². The van der Waals surface area contributed by atoms with Crippen LogP contribution < -0.4 is 5.32 Å². The van der Waals surface area contributed by atoms with Gasteiger partial charge < -0.3 is 30.4 Å². The van der Waals surface area contributed by atoms with Crippen LogP contribution in [0.2, 0.25) is 0 Å². The van der Waals surface area contributed by atoms with E-state index in [4.69, 9.17) is 0 Å². The Bertz CT molecular complexity index is 1330. The highest BCUT2D eigenvalue weighted by Gasteiger charge is 2.23. The van der Waals surface area contributed by atoms with Crippen molar-refractivity contribution in [1.29, 1.82) is 0 Å². The van der Waals surface area contributed by atoms with Crippen molar-refractivity contribution in [2.45, 2.75) is 37.8 Å². The van der Waals surface area contributed by atoms with Gasteiger partial charge in [0.05, 0.1) is 17.2 Å². The molecule has 1 amide bonds. The molecular formula is C26H32N6O4. The number of carbonyl (C=O) groups excluding carboxylic acids is 1. The highest BCUT2D eigenvalue weighted by atomic mass is 16.3. The molecule has 1 aromatic heterocycles. The van der Waals surface area contributed by atoms with Crippen molar-refractivity contribution < 1.29 is 20.1 Å². The van der Waals surface area contributed by atoms with Crippen LogP contribution in [0.1, 0.15) is 41.6 Å². The van der Waals surface area contributed by atoms with Gasteiger partial charge in [-0.15, -0.1) is 0 Å². The summed E-state index contributed by atoms with van der Waals surface area (Å²) < 4.78 is 0. The van der Waals surface area contributed by atoms with E-state index in [0.29, 0.717) is 5.56 Å². The van der Waals surface area contributed by atoms with Crippen molar-refractivity contribution in [3.63, 3.8) is 0 Å². The first-order valence-corrected chi connectivity index (χ1v) is 12.4. The summed E-state index contributed by atoms with van der Waals surface area (Å²) in [4.78, 5) is 31.4. The number of hydrogen-bond acceptors (Lipinski definition) is 9. The second-order valence-corrected chi connectivity index (χ2v) is 9.94. The topological polar surface area (TPSA) is 134 Å². The summed E-state index contributed by atoms with van der Waals surface area (Å²) in [5.41, 5.74) is 1.23. The van der Waals surface area contributed by atoms with Crippen molar-refractivity contribution in [3.05, 3.63) is 29.3 Å². The van der Waals surface area contributed by atoms with Crippen LogP contribution in [0.15, 0.2) is 23.2 Å². The summed E-state index contributed by atoms with van der Waals surface area (Å²) in [7, 11) is 4.14. The van der Waals surface area contributed by atoms with Gasteiger partial charge in [0.15, 0.2) is 0 Å². The van der Waals surface area contributed by atoms with Crippen LogP contribution in [-0.2, 0) is 0 Å². The molecule has 3 aromatic rings. The number of phenolic OH excluding ortho intramolecular Hbond substituents is 3. The molecule has 4 N–H and O–H groups in total. The first-order valence-electron chi connectivity index (χ1n) is 12.4.